The summed E-state index contributed by atoms with van der Waals surface area (Å²) in [6, 6.07) is 8.46. The summed E-state index contributed by atoms with van der Waals surface area (Å²) in [5.41, 5.74) is 1.85. The number of methoxy groups -OCH3 is 1. The molecule has 21 heavy (non-hydrogen) atoms. The standard InChI is InChI=1S/C17H26N2O2/c1-13(2)18-12-14-5-7-15(8-6-14)19-16(20)11-17(21-3)9-4-10-17/h5-8,13,18H,4,9-12H2,1-3H3,(H,19,20). The van der Waals surface area contributed by atoms with Gasteiger partial charge in [-0.1, -0.05) is 26.0 Å². The Kier molecular flexibility index (Phi) is 5.37. The lowest BCUT2D eigenvalue weighted by Gasteiger charge is -2.39. The summed E-state index contributed by atoms with van der Waals surface area (Å²) in [5, 5.41) is 6.32. The van der Waals surface area contributed by atoms with Gasteiger partial charge >= 0.3 is 0 Å². The van der Waals surface area contributed by atoms with Crippen LogP contribution in [0.3, 0.4) is 0 Å². The molecule has 0 heterocycles. The van der Waals surface area contributed by atoms with E-state index in [1.165, 1.54) is 5.56 Å². The number of anilines is 1. The number of amides is 1. The molecule has 1 aromatic carbocycles. The number of carbonyl (C=O) groups is 1. The van der Waals surface area contributed by atoms with Crippen LogP contribution in [-0.2, 0) is 16.1 Å². The quantitative estimate of drug-likeness (QED) is 0.811. The summed E-state index contributed by atoms with van der Waals surface area (Å²) in [4.78, 5) is 12.1. The zero-order valence-corrected chi connectivity index (χ0v) is 13.2. The van der Waals surface area contributed by atoms with Gasteiger partial charge in [0.25, 0.3) is 0 Å². The maximum Gasteiger partial charge on any atom is 0.227 e. The Hall–Kier alpha value is -1.39. The minimum Gasteiger partial charge on any atom is -0.378 e. The van der Waals surface area contributed by atoms with E-state index in [4.69, 9.17) is 4.74 Å². The van der Waals surface area contributed by atoms with Crippen LogP contribution >= 0.6 is 0 Å². The number of rotatable bonds is 7. The fourth-order valence-electron chi connectivity index (χ4n) is 2.55. The van der Waals surface area contributed by atoms with Crippen LogP contribution in [0.5, 0.6) is 0 Å². The Labute approximate surface area is 127 Å². The van der Waals surface area contributed by atoms with E-state index >= 15 is 0 Å². The maximum atomic E-state index is 12.1. The molecule has 0 unspecified atom stereocenters. The van der Waals surface area contributed by atoms with E-state index in [-0.39, 0.29) is 11.5 Å². The highest BCUT2D eigenvalue weighted by Gasteiger charge is 2.38. The summed E-state index contributed by atoms with van der Waals surface area (Å²) in [6.07, 6.45) is 3.56. The fraction of sp³-hybridized carbons (Fsp3) is 0.588. The molecule has 0 saturated heterocycles. The second kappa shape index (κ2) is 7.05. The van der Waals surface area contributed by atoms with Crippen molar-refractivity contribution in [3.8, 4) is 0 Å². The van der Waals surface area contributed by atoms with E-state index in [1.54, 1.807) is 7.11 Å². The minimum absolute atomic E-state index is 0.0320. The van der Waals surface area contributed by atoms with E-state index in [1.807, 2.05) is 24.3 Å². The Balaban J connectivity index is 1.83. The summed E-state index contributed by atoms with van der Waals surface area (Å²) < 4.78 is 5.49. The normalized spacial score (nSPS) is 16.6. The smallest absolute Gasteiger partial charge is 0.227 e. The van der Waals surface area contributed by atoms with Crippen LogP contribution in [0.1, 0.15) is 45.1 Å². The molecular formula is C17H26N2O2. The second-order valence-electron chi connectivity index (χ2n) is 6.20. The van der Waals surface area contributed by atoms with Crippen LogP contribution in [0, 0.1) is 0 Å². The van der Waals surface area contributed by atoms with Crippen molar-refractivity contribution in [3.63, 3.8) is 0 Å². The van der Waals surface area contributed by atoms with Crippen LogP contribution in [0.15, 0.2) is 24.3 Å². The van der Waals surface area contributed by atoms with Crippen molar-refractivity contribution in [2.24, 2.45) is 0 Å². The van der Waals surface area contributed by atoms with Crippen LogP contribution in [-0.4, -0.2) is 24.7 Å². The van der Waals surface area contributed by atoms with Crippen molar-refractivity contribution in [3.05, 3.63) is 29.8 Å². The highest BCUT2D eigenvalue weighted by atomic mass is 16.5. The molecule has 1 aliphatic rings. The number of ether oxygens (including phenoxy) is 1. The number of carbonyl (C=O) groups excluding carboxylic acids is 1. The average molecular weight is 290 g/mol. The lowest BCUT2D eigenvalue weighted by atomic mass is 9.77. The molecule has 0 aliphatic heterocycles. The first-order valence-corrected chi connectivity index (χ1v) is 7.70. The van der Waals surface area contributed by atoms with Gasteiger partial charge in [0.1, 0.15) is 0 Å². The van der Waals surface area contributed by atoms with Gasteiger partial charge in [-0.3, -0.25) is 4.79 Å². The van der Waals surface area contributed by atoms with Gasteiger partial charge in [-0.05, 0) is 37.0 Å². The molecule has 1 amide bonds. The van der Waals surface area contributed by atoms with Crippen LogP contribution in [0.25, 0.3) is 0 Å². The van der Waals surface area contributed by atoms with Crippen LogP contribution in [0.4, 0.5) is 5.69 Å². The van der Waals surface area contributed by atoms with Crippen LogP contribution in [0.2, 0.25) is 0 Å². The van der Waals surface area contributed by atoms with Crippen LogP contribution < -0.4 is 10.6 Å². The second-order valence-corrected chi connectivity index (χ2v) is 6.20. The van der Waals surface area contributed by atoms with Gasteiger partial charge < -0.3 is 15.4 Å². The largest absolute Gasteiger partial charge is 0.378 e. The number of nitrogens with one attached hydrogen (secondary N) is 2. The van der Waals surface area contributed by atoms with Gasteiger partial charge in [0.05, 0.1) is 12.0 Å². The molecule has 0 bridgehead atoms. The summed E-state index contributed by atoms with van der Waals surface area (Å²) in [5.74, 6) is 0.0320. The van der Waals surface area contributed by atoms with E-state index in [9.17, 15) is 4.79 Å². The highest BCUT2D eigenvalue weighted by molar-refractivity contribution is 5.91. The molecule has 0 aromatic heterocycles. The van der Waals surface area contributed by atoms with Crippen molar-refractivity contribution >= 4 is 11.6 Å². The Morgan fingerprint density at radius 1 is 1.29 bits per heavy atom. The van der Waals surface area contributed by atoms with Crippen molar-refractivity contribution in [2.75, 3.05) is 12.4 Å². The van der Waals surface area contributed by atoms with Crippen molar-refractivity contribution < 1.29 is 9.53 Å². The lowest BCUT2D eigenvalue weighted by molar-refractivity contribution is -0.129. The van der Waals surface area contributed by atoms with Crippen molar-refractivity contribution in [1.82, 2.24) is 5.32 Å². The molecular weight excluding hydrogens is 264 g/mol. The zero-order valence-electron chi connectivity index (χ0n) is 13.2. The molecule has 0 spiro atoms. The fourth-order valence-corrected chi connectivity index (χ4v) is 2.55. The molecule has 1 aliphatic carbocycles. The molecule has 0 atom stereocenters. The maximum absolute atomic E-state index is 12.1. The summed E-state index contributed by atoms with van der Waals surface area (Å²) in [6.45, 7) is 5.10. The average Bonchev–Trinajstić information content (AvgIpc) is 2.42. The first-order valence-electron chi connectivity index (χ1n) is 7.70. The van der Waals surface area contributed by atoms with Gasteiger partial charge in [-0.15, -0.1) is 0 Å². The molecule has 116 valence electrons. The zero-order chi connectivity index (χ0) is 15.3. The monoisotopic (exact) mass is 290 g/mol. The number of hydrogen-bond donors (Lipinski definition) is 2. The minimum atomic E-state index is -0.217. The third kappa shape index (κ3) is 4.55. The van der Waals surface area contributed by atoms with Gasteiger partial charge in [-0.2, -0.15) is 0 Å². The molecule has 0 radical (unpaired) electrons. The Bertz CT molecular complexity index is 459. The van der Waals surface area contributed by atoms with E-state index < -0.39 is 0 Å². The van der Waals surface area contributed by atoms with E-state index in [0.29, 0.717) is 12.5 Å². The summed E-state index contributed by atoms with van der Waals surface area (Å²) in [7, 11) is 1.70. The van der Waals surface area contributed by atoms with Gasteiger partial charge in [-0.25, -0.2) is 0 Å². The molecule has 1 fully saturated rings. The summed E-state index contributed by atoms with van der Waals surface area (Å²) >= 11 is 0. The Morgan fingerprint density at radius 3 is 2.43 bits per heavy atom. The SMILES string of the molecule is COC1(CC(=O)Nc2ccc(CNC(C)C)cc2)CCC1. The van der Waals surface area contributed by atoms with Crippen molar-refractivity contribution in [1.29, 1.82) is 0 Å². The number of hydrogen-bond acceptors (Lipinski definition) is 3. The molecule has 1 aromatic rings. The molecule has 2 N–H and O–H groups in total. The highest BCUT2D eigenvalue weighted by Crippen LogP contribution is 2.38. The number of benzene rings is 1. The van der Waals surface area contributed by atoms with E-state index in [2.05, 4.69) is 24.5 Å². The molecule has 4 nitrogen and oxygen atoms in total. The Morgan fingerprint density at radius 2 is 1.95 bits per heavy atom. The first kappa shape index (κ1) is 16.0. The predicted octanol–water partition coefficient (Wildman–Crippen LogP) is 3.08. The third-order valence-electron chi connectivity index (χ3n) is 4.13. The third-order valence-corrected chi connectivity index (χ3v) is 4.13. The van der Waals surface area contributed by atoms with Crippen molar-refractivity contribution in [2.45, 2.75) is 57.7 Å². The molecule has 4 heteroatoms. The van der Waals surface area contributed by atoms with Gasteiger partial charge in [0, 0.05) is 25.4 Å². The molecule has 2 rings (SSSR count). The topological polar surface area (TPSA) is 50.4 Å². The first-order chi connectivity index (χ1) is 10.0. The predicted molar refractivity (Wildman–Crippen MR) is 85.3 cm³/mol. The molecule has 1 saturated carbocycles. The lowest BCUT2D eigenvalue weighted by Crippen LogP contribution is -2.42. The van der Waals surface area contributed by atoms with E-state index in [0.717, 1.165) is 31.5 Å². The van der Waals surface area contributed by atoms with Gasteiger partial charge in [0.2, 0.25) is 5.91 Å². The van der Waals surface area contributed by atoms with Gasteiger partial charge in [0.15, 0.2) is 0 Å².